The van der Waals surface area contributed by atoms with Crippen molar-refractivity contribution in [2.75, 3.05) is 0 Å². The molecule has 0 saturated heterocycles. The van der Waals surface area contributed by atoms with Crippen LogP contribution in [0.4, 0.5) is 0 Å². The molecule has 1 fully saturated rings. The summed E-state index contributed by atoms with van der Waals surface area (Å²) in [5.74, 6) is 3.43. The molecule has 1 heteroatoms. The summed E-state index contributed by atoms with van der Waals surface area (Å²) in [5, 5.41) is 0.552. The summed E-state index contributed by atoms with van der Waals surface area (Å²) in [7, 11) is 0. The molecule has 0 aliphatic heterocycles. The molecule has 3 aliphatic rings. The lowest BCUT2D eigenvalue weighted by molar-refractivity contribution is 0.107. The molecule has 28 heavy (non-hydrogen) atoms. The fraction of sp³-hybridized carbons (Fsp3) is 0.778. The first-order chi connectivity index (χ1) is 13.3. The van der Waals surface area contributed by atoms with E-state index in [0.717, 1.165) is 30.1 Å². The molecule has 0 aromatic carbocycles. The summed E-state index contributed by atoms with van der Waals surface area (Å²) >= 11 is 4.75. The Morgan fingerprint density at radius 3 is 2.68 bits per heavy atom. The van der Waals surface area contributed by atoms with Crippen molar-refractivity contribution in [3.63, 3.8) is 0 Å². The molecular weight excluding hydrogens is 356 g/mol. The largest absolute Gasteiger partial charge is 0.176 e. The van der Waals surface area contributed by atoms with Gasteiger partial charge in [0.1, 0.15) is 0 Å². The van der Waals surface area contributed by atoms with E-state index in [1.165, 1.54) is 57.8 Å². The van der Waals surface area contributed by atoms with E-state index in [-0.39, 0.29) is 0 Å². The molecule has 0 N–H and O–H groups in total. The first-order valence-corrected chi connectivity index (χ1v) is 12.6. The maximum absolute atomic E-state index is 4.75. The molecule has 0 amide bonds. The average Bonchev–Trinajstić information content (AvgIpc) is 2.99. The molecule has 5 atom stereocenters. The van der Waals surface area contributed by atoms with Gasteiger partial charge in [0.15, 0.2) is 0 Å². The Balaban J connectivity index is 1.67. The van der Waals surface area contributed by atoms with Gasteiger partial charge in [-0.05, 0) is 92.1 Å². The van der Waals surface area contributed by atoms with Crippen molar-refractivity contribution in [3.8, 4) is 0 Å². The van der Waals surface area contributed by atoms with E-state index in [0.29, 0.717) is 10.7 Å². The van der Waals surface area contributed by atoms with E-state index in [1.54, 1.807) is 16.7 Å². The van der Waals surface area contributed by atoms with E-state index in [1.807, 2.05) is 0 Å². The van der Waals surface area contributed by atoms with Gasteiger partial charge in [0, 0.05) is 5.25 Å². The molecule has 1 saturated carbocycles. The predicted octanol–water partition coefficient (Wildman–Crippen LogP) is 8.56. The fourth-order valence-corrected chi connectivity index (χ4v) is 6.84. The van der Waals surface area contributed by atoms with Crippen LogP contribution in [0, 0.1) is 29.1 Å². The third-order valence-electron chi connectivity index (χ3n) is 8.34. The van der Waals surface area contributed by atoms with Gasteiger partial charge in [0.2, 0.25) is 0 Å². The van der Waals surface area contributed by atoms with Gasteiger partial charge in [0.25, 0.3) is 0 Å². The normalized spacial score (nSPS) is 34.8. The van der Waals surface area contributed by atoms with Gasteiger partial charge >= 0.3 is 0 Å². The molecule has 0 heterocycles. The average molecular weight is 401 g/mol. The van der Waals surface area contributed by atoms with Crippen LogP contribution in [-0.2, 0) is 0 Å². The van der Waals surface area contributed by atoms with Gasteiger partial charge in [0.05, 0.1) is 0 Å². The smallest absolute Gasteiger partial charge is 0.00602 e. The quantitative estimate of drug-likeness (QED) is 0.406. The molecule has 3 aliphatic carbocycles. The van der Waals surface area contributed by atoms with Gasteiger partial charge in [-0.15, -0.1) is 0 Å². The lowest BCUT2D eigenvalue weighted by Crippen LogP contribution is -2.35. The van der Waals surface area contributed by atoms with Crippen molar-refractivity contribution < 1.29 is 0 Å². The van der Waals surface area contributed by atoms with E-state index in [4.69, 9.17) is 12.6 Å². The molecule has 0 aromatic rings. The molecule has 0 spiro atoms. The van der Waals surface area contributed by atoms with Crippen LogP contribution in [0.1, 0.15) is 98.8 Å². The maximum atomic E-state index is 4.75. The monoisotopic (exact) mass is 400 g/mol. The topological polar surface area (TPSA) is 0 Å². The first-order valence-electron chi connectivity index (χ1n) is 12.1. The van der Waals surface area contributed by atoms with Gasteiger partial charge in [-0.25, -0.2) is 0 Å². The lowest BCUT2D eigenvalue weighted by Gasteiger charge is -2.43. The number of hydrogen-bond acceptors (Lipinski definition) is 1. The summed E-state index contributed by atoms with van der Waals surface area (Å²) < 4.78 is 0. The Hall–Kier alpha value is -0.430. The third-order valence-corrected chi connectivity index (χ3v) is 8.78. The van der Waals surface area contributed by atoms with Gasteiger partial charge in [-0.3, -0.25) is 0 Å². The minimum atomic E-state index is 0.522. The number of fused-ring (bicyclic) bond motifs is 1. The summed E-state index contributed by atoms with van der Waals surface area (Å²) in [6, 6.07) is 0. The Morgan fingerprint density at radius 1 is 1.14 bits per heavy atom. The second-order valence-corrected chi connectivity index (χ2v) is 11.6. The SMILES string of the molecule is CC1=C(/C=C\C2=CCCC3(C)C2CCC3C(C)CCCC(C)C)CC(S)CC1. The summed E-state index contributed by atoms with van der Waals surface area (Å²) in [4.78, 5) is 0. The molecule has 158 valence electrons. The summed E-state index contributed by atoms with van der Waals surface area (Å²) in [6.45, 7) is 12.2. The Morgan fingerprint density at radius 2 is 1.93 bits per heavy atom. The molecule has 0 aromatic heterocycles. The highest BCUT2D eigenvalue weighted by Gasteiger charge is 2.49. The molecule has 5 unspecified atom stereocenters. The van der Waals surface area contributed by atoms with Crippen LogP contribution in [0.3, 0.4) is 0 Å². The minimum Gasteiger partial charge on any atom is -0.176 e. The van der Waals surface area contributed by atoms with Gasteiger partial charge in [-0.2, -0.15) is 12.6 Å². The molecule has 0 radical (unpaired) electrons. The van der Waals surface area contributed by atoms with Crippen molar-refractivity contribution >= 4 is 12.6 Å². The highest BCUT2D eigenvalue weighted by molar-refractivity contribution is 7.80. The minimum absolute atomic E-state index is 0.522. The third kappa shape index (κ3) is 5.00. The zero-order valence-electron chi connectivity index (χ0n) is 19.1. The highest BCUT2D eigenvalue weighted by atomic mass is 32.1. The predicted molar refractivity (Wildman–Crippen MR) is 128 cm³/mol. The second-order valence-electron chi connectivity index (χ2n) is 10.8. The van der Waals surface area contributed by atoms with Crippen molar-refractivity contribution in [3.05, 3.63) is 34.9 Å². The zero-order chi connectivity index (χ0) is 20.3. The molecule has 3 rings (SSSR count). The van der Waals surface area contributed by atoms with Crippen LogP contribution in [0.5, 0.6) is 0 Å². The van der Waals surface area contributed by atoms with Crippen molar-refractivity contribution in [2.45, 2.75) is 104 Å². The van der Waals surface area contributed by atoms with Crippen molar-refractivity contribution in [1.29, 1.82) is 0 Å². The number of hydrogen-bond donors (Lipinski definition) is 1. The summed E-state index contributed by atoms with van der Waals surface area (Å²) in [6.07, 6.45) is 20.9. The van der Waals surface area contributed by atoms with Crippen LogP contribution in [0.25, 0.3) is 0 Å². The van der Waals surface area contributed by atoms with E-state index in [2.05, 4.69) is 52.8 Å². The van der Waals surface area contributed by atoms with Crippen LogP contribution < -0.4 is 0 Å². The standard InChI is InChI=1S/C27H44S/c1-19(2)8-6-9-21(4)25-15-16-26-22(10-7-17-27(25,26)5)12-13-23-18-24(28)14-11-20(23)3/h10,12-13,19,21,24-26,28H,6-9,11,14-18H2,1-5H3/b13-12-. The number of thiol groups is 1. The lowest BCUT2D eigenvalue weighted by atomic mass is 9.62. The molecule has 0 bridgehead atoms. The Kier molecular flexibility index (Phi) is 7.62. The van der Waals surface area contributed by atoms with Crippen LogP contribution in [0.15, 0.2) is 34.9 Å². The summed E-state index contributed by atoms with van der Waals surface area (Å²) in [5.41, 5.74) is 5.31. The van der Waals surface area contributed by atoms with E-state index >= 15 is 0 Å². The van der Waals surface area contributed by atoms with Crippen molar-refractivity contribution in [1.82, 2.24) is 0 Å². The van der Waals surface area contributed by atoms with Crippen LogP contribution >= 0.6 is 12.6 Å². The zero-order valence-corrected chi connectivity index (χ0v) is 20.0. The fourth-order valence-electron chi connectivity index (χ4n) is 6.51. The van der Waals surface area contributed by atoms with E-state index < -0.39 is 0 Å². The number of rotatable bonds is 7. The van der Waals surface area contributed by atoms with Crippen LogP contribution in [0.2, 0.25) is 0 Å². The Labute approximate surface area is 180 Å². The molecular formula is C27H44S. The number of allylic oxidation sites excluding steroid dienone is 6. The second kappa shape index (κ2) is 9.59. The molecule has 0 nitrogen and oxygen atoms in total. The highest BCUT2D eigenvalue weighted by Crippen LogP contribution is 2.58. The van der Waals surface area contributed by atoms with E-state index in [9.17, 15) is 0 Å². The van der Waals surface area contributed by atoms with Crippen LogP contribution in [-0.4, -0.2) is 5.25 Å². The maximum Gasteiger partial charge on any atom is 0.00602 e. The van der Waals surface area contributed by atoms with Gasteiger partial charge < -0.3 is 0 Å². The van der Waals surface area contributed by atoms with Crippen molar-refractivity contribution in [2.24, 2.45) is 29.1 Å². The van der Waals surface area contributed by atoms with Gasteiger partial charge in [-0.1, -0.05) is 70.8 Å². The Bertz CT molecular complexity index is 622. The first kappa shape index (κ1) is 22.3.